The largest absolute Gasteiger partial charge is 1.00 e. The van der Waals surface area contributed by atoms with Crippen LogP contribution in [0, 0.1) is 0 Å². The molecule has 150 valence electrons. The number of urea groups is 1. The maximum Gasteiger partial charge on any atom is 0.330 e. The standard InChI is InChI=1S/C19H21ClN4O2S.ClH/c20-14-12-17-18(21-13-14)24(15-4-1-2-5-16(15)27-17)19(26)23-9-7-22(8-10-23)6-3-11-25;/h1-2,4-5,12-13,25H,3,6-11H2;1H. The lowest BCUT2D eigenvalue weighted by Gasteiger charge is -2.37. The average molecular weight is 441 g/mol. The molecule has 2 aliphatic heterocycles. The molecule has 0 unspecified atom stereocenters. The van der Waals surface area contributed by atoms with Gasteiger partial charge in [0.2, 0.25) is 0 Å². The highest BCUT2D eigenvalue weighted by atomic mass is 35.5. The molecule has 28 heavy (non-hydrogen) atoms. The van der Waals surface area contributed by atoms with E-state index < -0.39 is 0 Å². The first kappa shape index (κ1) is 21.2. The van der Waals surface area contributed by atoms with Crippen LogP contribution in [0.5, 0.6) is 0 Å². The predicted octanol–water partition coefficient (Wildman–Crippen LogP) is -0.955. The van der Waals surface area contributed by atoms with E-state index in [0.29, 0.717) is 23.9 Å². The van der Waals surface area contributed by atoms with Crippen molar-refractivity contribution >= 4 is 40.9 Å². The van der Waals surface area contributed by atoms with Crippen LogP contribution in [0.2, 0.25) is 5.02 Å². The quantitative estimate of drug-likeness (QED) is 0.645. The monoisotopic (exact) mass is 440 g/mol. The Bertz CT molecular complexity index is 846. The van der Waals surface area contributed by atoms with E-state index in [1.54, 1.807) is 22.9 Å². The van der Waals surface area contributed by atoms with E-state index in [9.17, 15) is 4.79 Å². The number of amides is 2. The van der Waals surface area contributed by atoms with E-state index in [-0.39, 0.29) is 25.0 Å². The van der Waals surface area contributed by atoms with Crippen LogP contribution in [-0.4, -0.2) is 60.4 Å². The Morgan fingerprint density at radius 2 is 2.00 bits per heavy atom. The summed E-state index contributed by atoms with van der Waals surface area (Å²) in [6, 6.07) is 9.71. The third kappa shape index (κ3) is 4.23. The number of nitrogens with zero attached hydrogens (tertiary/aromatic N) is 3. The normalized spacial score (nSPS) is 16.2. The number of carbonyl (C=O) groups is 1. The van der Waals surface area contributed by atoms with Gasteiger partial charge in [0.25, 0.3) is 0 Å². The van der Waals surface area contributed by atoms with E-state index in [2.05, 4.69) is 4.98 Å². The van der Waals surface area contributed by atoms with E-state index >= 15 is 0 Å². The minimum Gasteiger partial charge on any atom is -1.00 e. The number of para-hydroxylation sites is 1. The highest BCUT2D eigenvalue weighted by Crippen LogP contribution is 2.47. The van der Waals surface area contributed by atoms with Gasteiger partial charge < -0.3 is 27.3 Å². The molecule has 9 heteroatoms. The van der Waals surface area contributed by atoms with Crippen LogP contribution in [0.1, 0.15) is 6.42 Å². The number of rotatable bonds is 3. The highest BCUT2D eigenvalue weighted by Gasteiger charge is 2.34. The van der Waals surface area contributed by atoms with Crippen molar-refractivity contribution in [1.82, 2.24) is 9.88 Å². The van der Waals surface area contributed by atoms with Crippen LogP contribution >= 0.6 is 23.4 Å². The zero-order chi connectivity index (χ0) is 18.8. The molecule has 1 fully saturated rings. The lowest BCUT2D eigenvalue weighted by Crippen LogP contribution is -3.14. The molecule has 2 N–H and O–H groups in total. The molecule has 1 saturated heterocycles. The number of pyridine rings is 1. The fourth-order valence-electron chi connectivity index (χ4n) is 3.55. The first-order chi connectivity index (χ1) is 13.2. The molecule has 1 aromatic heterocycles. The van der Waals surface area contributed by atoms with E-state index in [1.807, 2.05) is 35.2 Å². The number of aromatic nitrogens is 1. The average Bonchev–Trinajstić information content (AvgIpc) is 2.70. The van der Waals surface area contributed by atoms with Crippen LogP contribution in [0.25, 0.3) is 0 Å². The Morgan fingerprint density at radius 3 is 2.75 bits per heavy atom. The third-order valence-electron chi connectivity index (χ3n) is 4.96. The number of aliphatic hydroxyl groups is 1. The van der Waals surface area contributed by atoms with Gasteiger partial charge >= 0.3 is 6.03 Å². The molecule has 0 bridgehead atoms. The molecule has 0 spiro atoms. The molecule has 0 atom stereocenters. The zero-order valence-corrected chi connectivity index (χ0v) is 17.6. The Kier molecular flexibility index (Phi) is 7.06. The summed E-state index contributed by atoms with van der Waals surface area (Å²) in [7, 11) is 0. The predicted molar refractivity (Wildman–Crippen MR) is 106 cm³/mol. The Labute approximate surface area is 179 Å². The van der Waals surface area contributed by atoms with Gasteiger partial charge in [-0.2, -0.15) is 0 Å². The number of benzene rings is 1. The van der Waals surface area contributed by atoms with Crippen LogP contribution in [0.15, 0.2) is 46.3 Å². The number of quaternary nitrogens is 1. The molecular weight excluding hydrogens is 419 g/mol. The van der Waals surface area contributed by atoms with Crippen LogP contribution in [-0.2, 0) is 0 Å². The number of halogens is 2. The number of fused-ring (bicyclic) bond motifs is 2. The minimum absolute atomic E-state index is 0. The van der Waals surface area contributed by atoms with Crippen molar-refractivity contribution in [1.29, 1.82) is 0 Å². The maximum atomic E-state index is 13.4. The van der Waals surface area contributed by atoms with Crippen molar-refractivity contribution in [2.24, 2.45) is 0 Å². The number of nitrogens with one attached hydrogen (secondary N) is 1. The topological polar surface area (TPSA) is 61.1 Å². The Balaban J connectivity index is 0.00000225. The number of aliphatic hydroxyl groups excluding tert-OH is 1. The number of hydrogen-bond donors (Lipinski definition) is 2. The molecule has 4 rings (SSSR count). The molecule has 2 aliphatic rings. The number of carbonyl (C=O) groups excluding carboxylic acids is 1. The van der Waals surface area contributed by atoms with Gasteiger partial charge in [-0.1, -0.05) is 35.5 Å². The zero-order valence-electron chi connectivity index (χ0n) is 15.3. The lowest BCUT2D eigenvalue weighted by molar-refractivity contribution is -0.904. The summed E-state index contributed by atoms with van der Waals surface area (Å²) in [5, 5.41) is 9.57. The summed E-state index contributed by atoms with van der Waals surface area (Å²) in [4.78, 5) is 24.8. The van der Waals surface area contributed by atoms with Crippen LogP contribution < -0.4 is 22.2 Å². The Morgan fingerprint density at radius 1 is 1.25 bits per heavy atom. The van der Waals surface area contributed by atoms with Gasteiger partial charge in [-0.25, -0.2) is 14.7 Å². The molecular formula is C19H22Cl2N4O2S. The fourth-order valence-corrected chi connectivity index (χ4v) is 4.84. The van der Waals surface area contributed by atoms with E-state index in [4.69, 9.17) is 16.7 Å². The fraction of sp³-hybridized carbons (Fsp3) is 0.368. The number of hydrogen-bond acceptors (Lipinski definition) is 4. The molecule has 1 aromatic carbocycles. The minimum atomic E-state index is -0.0416. The second kappa shape index (κ2) is 9.33. The molecule has 2 aromatic rings. The molecule has 0 aliphatic carbocycles. The summed E-state index contributed by atoms with van der Waals surface area (Å²) in [6.45, 7) is 4.38. The highest BCUT2D eigenvalue weighted by molar-refractivity contribution is 7.99. The van der Waals surface area contributed by atoms with Gasteiger partial charge in [0.15, 0.2) is 5.82 Å². The van der Waals surface area contributed by atoms with Crippen LogP contribution in [0.3, 0.4) is 0 Å². The first-order valence-electron chi connectivity index (χ1n) is 9.13. The molecule has 0 saturated carbocycles. The van der Waals surface area contributed by atoms with Crippen molar-refractivity contribution in [2.45, 2.75) is 16.2 Å². The van der Waals surface area contributed by atoms with Gasteiger partial charge in [0, 0.05) is 24.1 Å². The van der Waals surface area contributed by atoms with Crippen molar-refractivity contribution in [2.75, 3.05) is 44.2 Å². The van der Waals surface area contributed by atoms with Crippen molar-refractivity contribution < 1.29 is 27.2 Å². The van der Waals surface area contributed by atoms with Gasteiger partial charge in [-0.3, -0.25) is 0 Å². The van der Waals surface area contributed by atoms with Crippen LogP contribution in [0.4, 0.5) is 16.3 Å². The van der Waals surface area contributed by atoms with Gasteiger partial charge in [0.1, 0.15) is 0 Å². The Hall–Kier alpha value is -1.51. The second-order valence-corrected chi connectivity index (χ2v) is 8.25. The number of anilines is 2. The van der Waals surface area contributed by atoms with Gasteiger partial charge in [-0.15, -0.1) is 0 Å². The summed E-state index contributed by atoms with van der Waals surface area (Å²) in [5.74, 6) is 0.642. The SMILES string of the molecule is O=C(N1CC[NH+](CCCO)CC1)N1c2ccccc2Sc2cc(Cl)cnc21.[Cl-]. The van der Waals surface area contributed by atoms with E-state index in [1.165, 1.54) is 4.90 Å². The maximum absolute atomic E-state index is 13.4. The first-order valence-corrected chi connectivity index (χ1v) is 10.3. The number of piperazine rings is 1. The third-order valence-corrected chi connectivity index (χ3v) is 6.25. The smallest absolute Gasteiger partial charge is 0.330 e. The van der Waals surface area contributed by atoms with E-state index in [0.717, 1.165) is 41.5 Å². The summed E-state index contributed by atoms with van der Waals surface area (Å²) in [5.41, 5.74) is 0.866. The van der Waals surface area contributed by atoms with Crippen molar-refractivity contribution in [3.63, 3.8) is 0 Å². The molecule has 3 heterocycles. The second-order valence-electron chi connectivity index (χ2n) is 6.73. The van der Waals surface area contributed by atoms with Crippen molar-refractivity contribution in [3.8, 4) is 0 Å². The summed E-state index contributed by atoms with van der Waals surface area (Å²) >= 11 is 7.71. The molecule has 0 radical (unpaired) electrons. The lowest BCUT2D eigenvalue weighted by atomic mass is 10.2. The summed E-state index contributed by atoms with van der Waals surface area (Å²) in [6.07, 6.45) is 2.39. The summed E-state index contributed by atoms with van der Waals surface area (Å²) < 4.78 is 0. The molecule has 6 nitrogen and oxygen atoms in total. The van der Waals surface area contributed by atoms with Crippen molar-refractivity contribution in [3.05, 3.63) is 41.6 Å². The molecule has 2 amide bonds. The van der Waals surface area contributed by atoms with Gasteiger partial charge in [-0.05, 0) is 18.2 Å². The van der Waals surface area contributed by atoms with Gasteiger partial charge in [0.05, 0.1) is 48.3 Å².